The van der Waals surface area contributed by atoms with E-state index in [0.29, 0.717) is 0 Å². The van der Waals surface area contributed by atoms with Gasteiger partial charge in [-0.25, -0.2) is 0 Å². The lowest BCUT2D eigenvalue weighted by molar-refractivity contribution is -0.136. The molecule has 1 atom stereocenters. The topological polar surface area (TPSA) is 37.3 Å². The molecule has 0 heterocycles. The predicted octanol–water partition coefficient (Wildman–Crippen LogP) is 6.28. The van der Waals surface area contributed by atoms with Crippen molar-refractivity contribution in [2.24, 2.45) is 0 Å². The average Bonchev–Trinajstić information content (AvgIpc) is 2.47. The van der Waals surface area contributed by atoms with Crippen LogP contribution in [-0.2, 0) is 4.79 Å². The van der Waals surface area contributed by atoms with E-state index in [2.05, 4.69) is 13.8 Å². The van der Waals surface area contributed by atoms with Gasteiger partial charge in [-0.1, -0.05) is 84.5 Å². The second kappa shape index (κ2) is 16.2. The van der Waals surface area contributed by atoms with Crippen molar-refractivity contribution in [3.63, 3.8) is 0 Å². The van der Waals surface area contributed by atoms with Gasteiger partial charge < -0.3 is 5.11 Å². The summed E-state index contributed by atoms with van der Waals surface area (Å²) in [4.78, 5) is 11.1. The van der Waals surface area contributed by atoms with Gasteiger partial charge >= 0.3 is 5.97 Å². The van der Waals surface area contributed by atoms with Crippen LogP contribution >= 0.6 is 11.8 Å². The largest absolute Gasteiger partial charge is 0.480 e. The summed E-state index contributed by atoms with van der Waals surface area (Å²) < 4.78 is 0. The van der Waals surface area contributed by atoms with Gasteiger partial charge in [-0.15, -0.1) is 11.8 Å². The first-order valence-electron chi connectivity index (χ1n) is 9.06. The van der Waals surface area contributed by atoms with Crippen molar-refractivity contribution in [2.75, 3.05) is 5.75 Å². The van der Waals surface area contributed by atoms with Gasteiger partial charge in [0.25, 0.3) is 0 Å². The van der Waals surface area contributed by atoms with Gasteiger partial charge in [-0.2, -0.15) is 0 Å². The Morgan fingerprint density at radius 1 is 0.810 bits per heavy atom. The third-order valence-electron chi connectivity index (χ3n) is 3.91. The summed E-state index contributed by atoms with van der Waals surface area (Å²) in [6.45, 7) is 4.38. The minimum atomic E-state index is -0.625. The Bertz CT molecular complexity index is 231. The number of thioether (sulfide) groups is 1. The van der Waals surface area contributed by atoms with E-state index >= 15 is 0 Å². The van der Waals surface area contributed by atoms with E-state index in [9.17, 15) is 4.79 Å². The highest BCUT2D eigenvalue weighted by molar-refractivity contribution is 8.00. The lowest BCUT2D eigenvalue weighted by atomic mass is 10.1. The molecule has 0 rings (SSSR count). The molecule has 0 fully saturated rings. The smallest absolute Gasteiger partial charge is 0.316 e. The summed E-state index contributed by atoms with van der Waals surface area (Å²) in [6, 6.07) is 0. The summed E-state index contributed by atoms with van der Waals surface area (Å²) in [5.41, 5.74) is 0. The molecule has 1 unspecified atom stereocenters. The molecule has 3 heteroatoms. The fourth-order valence-corrected chi connectivity index (χ4v) is 3.61. The lowest BCUT2D eigenvalue weighted by Gasteiger charge is -2.11. The van der Waals surface area contributed by atoms with Gasteiger partial charge in [0.2, 0.25) is 0 Å². The maximum absolute atomic E-state index is 11.1. The Morgan fingerprint density at radius 3 is 1.76 bits per heavy atom. The van der Waals surface area contributed by atoms with E-state index < -0.39 is 5.97 Å². The van der Waals surface area contributed by atoms with Gasteiger partial charge in [-0.05, 0) is 18.6 Å². The van der Waals surface area contributed by atoms with Crippen LogP contribution in [0.15, 0.2) is 0 Å². The Labute approximate surface area is 136 Å². The van der Waals surface area contributed by atoms with Crippen molar-refractivity contribution in [2.45, 2.75) is 103 Å². The monoisotopic (exact) mass is 316 g/mol. The van der Waals surface area contributed by atoms with Crippen molar-refractivity contribution >= 4 is 17.7 Å². The summed E-state index contributed by atoms with van der Waals surface area (Å²) >= 11 is 1.65. The minimum absolute atomic E-state index is 0.177. The molecule has 21 heavy (non-hydrogen) atoms. The molecule has 0 aromatic rings. The Kier molecular flexibility index (Phi) is 16.1. The zero-order valence-electron chi connectivity index (χ0n) is 14.2. The number of hydrogen-bond donors (Lipinski definition) is 1. The second-order valence-corrected chi connectivity index (χ2v) is 7.33. The third kappa shape index (κ3) is 14.5. The molecule has 0 amide bonds. The number of hydrogen-bond acceptors (Lipinski definition) is 2. The molecule has 0 aromatic carbocycles. The molecule has 0 aromatic heterocycles. The summed E-state index contributed by atoms with van der Waals surface area (Å²) in [7, 11) is 0. The summed E-state index contributed by atoms with van der Waals surface area (Å²) in [5.74, 6) is 0.387. The zero-order chi connectivity index (χ0) is 15.8. The lowest BCUT2D eigenvalue weighted by Crippen LogP contribution is -2.16. The molecule has 126 valence electrons. The molecular weight excluding hydrogens is 280 g/mol. The highest BCUT2D eigenvalue weighted by atomic mass is 32.2. The van der Waals surface area contributed by atoms with Crippen LogP contribution < -0.4 is 0 Å². The van der Waals surface area contributed by atoms with Gasteiger partial charge in [0, 0.05) is 0 Å². The number of rotatable bonds is 16. The van der Waals surface area contributed by atoms with E-state index in [4.69, 9.17) is 5.11 Å². The van der Waals surface area contributed by atoms with Crippen molar-refractivity contribution in [1.82, 2.24) is 0 Å². The second-order valence-electron chi connectivity index (χ2n) is 6.02. The molecule has 0 radical (unpaired) electrons. The molecule has 0 bridgehead atoms. The third-order valence-corrected chi connectivity index (χ3v) is 5.28. The fourth-order valence-electron chi connectivity index (χ4n) is 2.48. The maximum Gasteiger partial charge on any atom is 0.316 e. The quantitative estimate of drug-likeness (QED) is 0.340. The van der Waals surface area contributed by atoms with Gasteiger partial charge in [0.15, 0.2) is 0 Å². The molecular formula is C18H36O2S. The zero-order valence-corrected chi connectivity index (χ0v) is 15.1. The number of carbonyl (C=O) groups is 1. The highest BCUT2D eigenvalue weighted by Gasteiger charge is 2.16. The van der Waals surface area contributed by atoms with Crippen LogP contribution in [-0.4, -0.2) is 22.1 Å². The maximum atomic E-state index is 11.1. The van der Waals surface area contributed by atoms with Crippen LogP contribution in [0.2, 0.25) is 0 Å². The fraction of sp³-hybridized carbons (Fsp3) is 0.944. The van der Waals surface area contributed by atoms with E-state index in [-0.39, 0.29) is 5.25 Å². The van der Waals surface area contributed by atoms with Crippen molar-refractivity contribution in [3.8, 4) is 0 Å². The molecule has 0 saturated carbocycles. The van der Waals surface area contributed by atoms with Gasteiger partial charge in [-0.3, -0.25) is 4.79 Å². The van der Waals surface area contributed by atoms with Crippen molar-refractivity contribution in [3.05, 3.63) is 0 Å². The normalized spacial score (nSPS) is 12.5. The van der Waals surface area contributed by atoms with E-state index in [1.54, 1.807) is 11.8 Å². The van der Waals surface area contributed by atoms with Crippen LogP contribution in [0.1, 0.15) is 97.3 Å². The van der Waals surface area contributed by atoms with E-state index in [1.165, 1.54) is 64.2 Å². The first-order valence-corrected chi connectivity index (χ1v) is 10.1. The Hall–Kier alpha value is -0.180. The number of carboxylic acid groups (broad SMARTS) is 1. The van der Waals surface area contributed by atoms with Crippen molar-refractivity contribution < 1.29 is 9.90 Å². The van der Waals surface area contributed by atoms with E-state index in [0.717, 1.165) is 25.0 Å². The first kappa shape index (κ1) is 20.8. The minimum Gasteiger partial charge on any atom is -0.480 e. The highest BCUT2D eigenvalue weighted by Crippen LogP contribution is 2.20. The summed E-state index contributed by atoms with van der Waals surface area (Å²) in [6.07, 6.45) is 16.4. The van der Waals surface area contributed by atoms with Crippen LogP contribution in [0, 0.1) is 0 Å². The molecule has 0 saturated heterocycles. The number of aliphatic carboxylic acids is 1. The standard InChI is InChI=1S/C18H36O2S/c1-3-5-7-8-9-10-11-12-13-14-16-21-17(18(19)20)15-6-4-2/h17H,3-16H2,1-2H3,(H,19,20). The van der Waals surface area contributed by atoms with Crippen molar-refractivity contribution in [1.29, 1.82) is 0 Å². The molecule has 0 aliphatic heterocycles. The van der Waals surface area contributed by atoms with Crippen LogP contribution in [0.3, 0.4) is 0 Å². The summed E-state index contributed by atoms with van der Waals surface area (Å²) in [5, 5.41) is 8.96. The SMILES string of the molecule is CCCCCCCCCCCCSC(CCCC)C(=O)O. The van der Waals surface area contributed by atoms with Gasteiger partial charge in [0.05, 0.1) is 0 Å². The molecule has 0 spiro atoms. The molecule has 0 aliphatic carbocycles. The van der Waals surface area contributed by atoms with E-state index in [1.807, 2.05) is 0 Å². The predicted molar refractivity (Wildman–Crippen MR) is 95.3 cm³/mol. The molecule has 2 nitrogen and oxygen atoms in total. The number of unbranched alkanes of at least 4 members (excludes halogenated alkanes) is 10. The first-order chi connectivity index (χ1) is 10.2. The number of carboxylic acids is 1. The Morgan fingerprint density at radius 2 is 1.29 bits per heavy atom. The van der Waals surface area contributed by atoms with Crippen LogP contribution in [0.4, 0.5) is 0 Å². The molecule has 0 aliphatic rings. The van der Waals surface area contributed by atoms with Crippen LogP contribution in [0.25, 0.3) is 0 Å². The van der Waals surface area contributed by atoms with Crippen LogP contribution in [0.5, 0.6) is 0 Å². The van der Waals surface area contributed by atoms with Gasteiger partial charge in [0.1, 0.15) is 5.25 Å². The average molecular weight is 317 g/mol. The Balaban J connectivity index is 3.31. The molecule has 1 N–H and O–H groups in total.